The quantitative estimate of drug-likeness (QED) is 0.611. The van der Waals surface area contributed by atoms with Gasteiger partial charge in [-0.1, -0.05) is 6.07 Å². The van der Waals surface area contributed by atoms with Crippen LogP contribution >= 0.6 is 0 Å². The highest BCUT2D eigenvalue weighted by Gasteiger charge is 2.15. The van der Waals surface area contributed by atoms with E-state index in [1.807, 2.05) is 19.1 Å². The lowest BCUT2D eigenvalue weighted by Gasteiger charge is -2.15. The highest BCUT2D eigenvalue weighted by atomic mass is 16.5. The molecular formula is C15H24N4O2. The van der Waals surface area contributed by atoms with Crippen LogP contribution in [0.5, 0.6) is 5.88 Å². The maximum atomic E-state index is 5.61. The normalized spacial score (nSPS) is 18.6. The average molecular weight is 292 g/mol. The second-order valence-corrected chi connectivity index (χ2v) is 4.88. The second-order valence-electron chi connectivity index (χ2n) is 4.88. The summed E-state index contributed by atoms with van der Waals surface area (Å²) in [6.07, 6.45) is 4.27. The number of guanidine groups is 1. The minimum atomic E-state index is 0.293. The van der Waals surface area contributed by atoms with Crippen molar-refractivity contribution in [2.24, 2.45) is 4.99 Å². The third-order valence-electron chi connectivity index (χ3n) is 3.32. The van der Waals surface area contributed by atoms with Crippen molar-refractivity contribution < 1.29 is 9.47 Å². The van der Waals surface area contributed by atoms with Gasteiger partial charge in [0.1, 0.15) is 0 Å². The third-order valence-corrected chi connectivity index (χ3v) is 3.32. The summed E-state index contributed by atoms with van der Waals surface area (Å²) in [4.78, 5) is 8.75. The highest BCUT2D eigenvalue weighted by Crippen LogP contribution is 2.14. The van der Waals surface area contributed by atoms with Gasteiger partial charge in [-0.15, -0.1) is 0 Å². The molecule has 0 aliphatic carbocycles. The zero-order valence-corrected chi connectivity index (χ0v) is 12.8. The van der Waals surface area contributed by atoms with Crippen LogP contribution in [-0.2, 0) is 11.3 Å². The molecule has 0 bridgehead atoms. The summed E-state index contributed by atoms with van der Waals surface area (Å²) < 4.78 is 10.8. The zero-order chi connectivity index (χ0) is 14.9. The number of ether oxygens (including phenoxy) is 2. The van der Waals surface area contributed by atoms with E-state index in [4.69, 9.17) is 9.47 Å². The number of nitrogens with one attached hydrogen (secondary N) is 2. The molecule has 1 atom stereocenters. The van der Waals surface area contributed by atoms with Crippen molar-refractivity contribution >= 4 is 5.96 Å². The van der Waals surface area contributed by atoms with E-state index in [2.05, 4.69) is 20.6 Å². The summed E-state index contributed by atoms with van der Waals surface area (Å²) in [5.74, 6) is 1.41. The van der Waals surface area contributed by atoms with E-state index in [0.29, 0.717) is 18.5 Å². The molecule has 6 nitrogen and oxygen atoms in total. The molecule has 2 rings (SSSR count). The summed E-state index contributed by atoms with van der Waals surface area (Å²) in [5, 5.41) is 6.56. The van der Waals surface area contributed by atoms with Gasteiger partial charge in [0.05, 0.1) is 19.8 Å². The van der Waals surface area contributed by atoms with Crippen LogP contribution in [0, 0.1) is 0 Å². The van der Waals surface area contributed by atoms with Gasteiger partial charge in [0.2, 0.25) is 5.88 Å². The van der Waals surface area contributed by atoms with E-state index in [1.165, 1.54) is 0 Å². The first kappa shape index (κ1) is 15.6. The topological polar surface area (TPSA) is 67.8 Å². The van der Waals surface area contributed by atoms with E-state index < -0.39 is 0 Å². The van der Waals surface area contributed by atoms with Crippen molar-refractivity contribution in [3.8, 4) is 5.88 Å². The molecule has 1 fully saturated rings. The van der Waals surface area contributed by atoms with Gasteiger partial charge in [-0.05, 0) is 25.8 Å². The number of methoxy groups -OCH3 is 1. The number of pyridine rings is 1. The van der Waals surface area contributed by atoms with Crippen molar-refractivity contribution in [1.29, 1.82) is 0 Å². The third kappa shape index (κ3) is 4.90. The summed E-state index contributed by atoms with van der Waals surface area (Å²) in [5.41, 5.74) is 0.967. The van der Waals surface area contributed by atoms with Crippen LogP contribution in [0.15, 0.2) is 23.3 Å². The molecule has 21 heavy (non-hydrogen) atoms. The Bertz CT molecular complexity index is 459. The minimum absolute atomic E-state index is 0.293. The van der Waals surface area contributed by atoms with E-state index in [-0.39, 0.29) is 0 Å². The van der Waals surface area contributed by atoms with Gasteiger partial charge in [-0.2, -0.15) is 0 Å². The summed E-state index contributed by atoms with van der Waals surface area (Å²) in [7, 11) is 1.62. The Kier molecular flexibility index (Phi) is 6.27. The fourth-order valence-corrected chi connectivity index (χ4v) is 2.25. The second kappa shape index (κ2) is 8.46. The summed E-state index contributed by atoms with van der Waals surface area (Å²) >= 11 is 0. The smallest absolute Gasteiger partial charge is 0.218 e. The molecule has 2 heterocycles. The lowest BCUT2D eigenvalue weighted by Crippen LogP contribution is -2.41. The SMILES string of the molecule is CCNC(=NCc1cccnc1OC)NCC1CCCO1. The van der Waals surface area contributed by atoms with Gasteiger partial charge in [-0.25, -0.2) is 9.98 Å². The molecule has 0 amide bonds. The van der Waals surface area contributed by atoms with Crippen LogP contribution < -0.4 is 15.4 Å². The highest BCUT2D eigenvalue weighted by molar-refractivity contribution is 5.79. The van der Waals surface area contributed by atoms with Gasteiger partial charge >= 0.3 is 0 Å². The predicted octanol–water partition coefficient (Wildman–Crippen LogP) is 1.32. The lowest BCUT2D eigenvalue weighted by atomic mass is 10.2. The molecule has 2 N–H and O–H groups in total. The molecule has 1 unspecified atom stereocenters. The van der Waals surface area contributed by atoms with Crippen LogP contribution in [0.25, 0.3) is 0 Å². The number of nitrogens with zero attached hydrogens (tertiary/aromatic N) is 2. The fourth-order valence-electron chi connectivity index (χ4n) is 2.25. The monoisotopic (exact) mass is 292 g/mol. The molecule has 1 aliphatic rings. The molecule has 0 spiro atoms. The minimum Gasteiger partial charge on any atom is -0.481 e. The number of hydrogen-bond donors (Lipinski definition) is 2. The molecule has 1 aliphatic heterocycles. The van der Waals surface area contributed by atoms with E-state index in [9.17, 15) is 0 Å². The number of aromatic nitrogens is 1. The Labute approximate surface area is 126 Å². The molecular weight excluding hydrogens is 268 g/mol. The Balaban J connectivity index is 1.92. The zero-order valence-electron chi connectivity index (χ0n) is 12.8. The van der Waals surface area contributed by atoms with Crippen molar-refractivity contribution in [2.45, 2.75) is 32.4 Å². The largest absolute Gasteiger partial charge is 0.481 e. The van der Waals surface area contributed by atoms with Crippen LogP contribution in [0.1, 0.15) is 25.3 Å². The van der Waals surface area contributed by atoms with E-state index >= 15 is 0 Å². The Morgan fingerprint density at radius 1 is 1.52 bits per heavy atom. The van der Waals surface area contributed by atoms with Gasteiger partial charge in [0.15, 0.2) is 5.96 Å². The van der Waals surface area contributed by atoms with E-state index in [0.717, 1.165) is 44.1 Å². The lowest BCUT2D eigenvalue weighted by molar-refractivity contribution is 0.114. The first-order chi connectivity index (χ1) is 10.3. The first-order valence-corrected chi connectivity index (χ1v) is 7.45. The summed E-state index contributed by atoms with van der Waals surface area (Å²) in [6.45, 7) is 5.05. The molecule has 0 saturated carbocycles. The number of aliphatic imine (C=N–C) groups is 1. The standard InChI is InChI=1S/C15H24N4O2/c1-3-16-15(19-11-13-7-5-9-21-13)18-10-12-6-4-8-17-14(12)20-2/h4,6,8,13H,3,5,7,9-11H2,1-2H3,(H2,16,18,19). The summed E-state index contributed by atoms with van der Waals surface area (Å²) in [6, 6.07) is 3.86. The van der Waals surface area contributed by atoms with Crippen LogP contribution in [-0.4, -0.2) is 43.9 Å². The number of rotatable bonds is 6. The number of hydrogen-bond acceptors (Lipinski definition) is 4. The van der Waals surface area contributed by atoms with Crippen LogP contribution in [0.3, 0.4) is 0 Å². The fraction of sp³-hybridized carbons (Fsp3) is 0.600. The van der Waals surface area contributed by atoms with Crippen molar-refractivity contribution in [2.75, 3.05) is 26.8 Å². The predicted molar refractivity (Wildman–Crippen MR) is 82.6 cm³/mol. The molecule has 0 aromatic carbocycles. The van der Waals surface area contributed by atoms with Gasteiger partial charge in [0.25, 0.3) is 0 Å². The Morgan fingerprint density at radius 3 is 3.14 bits per heavy atom. The van der Waals surface area contributed by atoms with Crippen molar-refractivity contribution in [3.63, 3.8) is 0 Å². The molecule has 6 heteroatoms. The maximum Gasteiger partial charge on any atom is 0.218 e. The Morgan fingerprint density at radius 2 is 2.43 bits per heavy atom. The van der Waals surface area contributed by atoms with Crippen molar-refractivity contribution in [3.05, 3.63) is 23.9 Å². The van der Waals surface area contributed by atoms with Crippen LogP contribution in [0.2, 0.25) is 0 Å². The van der Waals surface area contributed by atoms with Gasteiger partial charge < -0.3 is 20.1 Å². The average Bonchev–Trinajstić information content (AvgIpc) is 3.03. The van der Waals surface area contributed by atoms with E-state index in [1.54, 1.807) is 13.3 Å². The maximum absolute atomic E-state index is 5.61. The molecule has 116 valence electrons. The molecule has 1 aromatic heterocycles. The first-order valence-electron chi connectivity index (χ1n) is 7.45. The van der Waals surface area contributed by atoms with Crippen LogP contribution in [0.4, 0.5) is 0 Å². The molecule has 1 aromatic rings. The van der Waals surface area contributed by atoms with Gasteiger partial charge in [-0.3, -0.25) is 0 Å². The van der Waals surface area contributed by atoms with Crippen molar-refractivity contribution in [1.82, 2.24) is 15.6 Å². The van der Waals surface area contributed by atoms with Gasteiger partial charge in [0, 0.05) is 31.5 Å². The Hall–Kier alpha value is -1.82. The molecule has 1 saturated heterocycles. The molecule has 0 radical (unpaired) electrons.